The summed E-state index contributed by atoms with van der Waals surface area (Å²) in [6.07, 6.45) is 1.30. The van der Waals surface area contributed by atoms with Crippen molar-refractivity contribution in [2.45, 2.75) is 25.3 Å². The van der Waals surface area contributed by atoms with Gasteiger partial charge in [-0.3, -0.25) is 0 Å². The second-order valence-corrected chi connectivity index (χ2v) is 6.12. The maximum absolute atomic E-state index is 5.65. The summed E-state index contributed by atoms with van der Waals surface area (Å²) in [5, 5.41) is 3.56. The van der Waals surface area contributed by atoms with Crippen LogP contribution in [0.25, 0.3) is 0 Å². The Balaban J connectivity index is 1.53. The molecule has 2 aliphatic rings. The molecule has 0 radical (unpaired) electrons. The first kappa shape index (κ1) is 14.1. The number of hydrogen-bond acceptors (Lipinski definition) is 3. The first-order valence-corrected chi connectivity index (χ1v) is 7.95. The summed E-state index contributed by atoms with van der Waals surface area (Å²) in [6.45, 7) is 8.64. The summed E-state index contributed by atoms with van der Waals surface area (Å²) in [5.74, 6) is 1.38. The molecule has 2 heterocycles. The van der Waals surface area contributed by atoms with Crippen LogP contribution < -0.4 is 5.32 Å². The van der Waals surface area contributed by atoms with E-state index in [-0.39, 0.29) is 0 Å². The Kier molecular flexibility index (Phi) is 4.71. The van der Waals surface area contributed by atoms with Gasteiger partial charge in [0.2, 0.25) is 0 Å². The first-order valence-electron chi connectivity index (χ1n) is 7.95. The van der Waals surface area contributed by atoms with Crippen molar-refractivity contribution in [1.29, 1.82) is 0 Å². The van der Waals surface area contributed by atoms with Gasteiger partial charge in [0.1, 0.15) is 0 Å². The summed E-state index contributed by atoms with van der Waals surface area (Å²) < 4.78 is 5.65. The van der Waals surface area contributed by atoms with E-state index in [4.69, 9.17) is 4.74 Å². The minimum absolute atomic E-state index is 0.552. The zero-order chi connectivity index (χ0) is 13.8. The second-order valence-electron chi connectivity index (χ2n) is 6.12. The molecule has 0 aliphatic carbocycles. The van der Waals surface area contributed by atoms with Gasteiger partial charge in [0.25, 0.3) is 0 Å². The van der Waals surface area contributed by atoms with Gasteiger partial charge < -0.3 is 15.0 Å². The summed E-state index contributed by atoms with van der Waals surface area (Å²) in [5.41, 5.74) is 1.50. The molecule has 0 spiro atoms. The molecule has 0 saturated carbocycles. The number of nitrogens with zero attached hydrogens (tertiary/aromatic N) is 1. The number of nitrogens with one attached hydrogen (secondary N) is 1. The smallest absolute Gasteiger partial charge is 0.0623 e. The molecule has 2 aliphatic heterocycles. The number of hydrogen-bond donors (Lipinski definition) is 1. The van der Waals surface area contributed by atoms with Crippen LogP contribution in [0.4, 0.5) is 0 Å². The van der Waals surface area contributed by atoms with Crippen LogP contribution in [0.2, 0.25) is 0 Å². The highest BCUT2D eigenvalue weighted by molar-refractivity contribution is 5.21. The maximum atomic E-state index is 5.65. The molecule has 20 heavy (non-hydrogen) atoms. The van der Waals surface area contributed by atoms with Crippen molar-refractivity contribution in [3.63, 3.8) is 0 Å². The van der Waals surface area contributed by atoms with Crippen LogP contribution >= 0.6 is 0 Å². The number of ether oxygens (including phenoxy) is 1. The van der Waals surface area contributed by atoms with Gasteiger partial charge in [-0.05, 0) is 31.0 Å². The molecule has 0 bridgehead atoms. The lowest BCUT2D eigenvalue weighted by Crippen LogP contribution is -2.41. The fraction of sp³-hybridized carbons (Fsp3) is 0.647. The SMILES string of the molecule is CCNC1COCC1CN1CCC(c2ccccc2)C1. The Hall–Kier alpha value is -0.900. The average Bonchev–Trinajstić information content (AvgIpc) is 3.11. The average molecular weight is 274 g/mol. The van der Waals surface area contributed by atoms with E-state index in [2.05, 4.69) is 47.5 Å². The van der Waals surface area contributed by atoms with E-state index in [1.54, 1.807) is 0 Å². The molecule has 3 nitrogen and oxygen atoms in total. The monoisotopic (exact) mass is 274 g/mol. The van der Waals surface area contributed by atoms with Crippen LogP contribution in [-0.2, 0) is 4.74 Å². The third kappa shape index (κ3) is 3.22. The van der Waals surface area contributed by atoms with Crippen LogP contribution in [0.1, 0.15) is 24.8 Å². The number of likely N-dealkylation sites (N-methyl/N-ethyl adjacent to an activating group) is 1. The summed E-state index contributed by atoms with van der Waals surface area (Å²) in [7, 11) is 0. The van der Waals surface area contributed by atoms with Crippen molar-refractivity contribution in [1.82, 2.24) is 10.2 Å². The molecule has 1 aromatic rings. The van der Waals surface area contributed by atoms with Gasteiger partial charge in [-0.1, -0.05) is 37.3 Å². The first-order chi connectivity index (χ1) is 9.86. The van der Waals surface area contributed by atoms with E-state index in [1.165, 1.54) is 31.6 Å². The molecule has 3 heteroatoms. The lowest BCUT2D eigenvalue weighted by molar-refractivity contribution is 0.173. The van der Waals surface area contributed by atoms with Crippen LogP contribution in [0.3, 0.4) is 0 Å². The molecule has 2 saturated heterocycles. The van der Waals surface area contributed by atoms with Gasteiger partial charge in [-0.25, -0.2) is 0 Å². The Labute approximate surface area is 122 Å². The van der Waals surface area contributed by atoms with E-state index in [9.17, 15) is 0 Å². The number of likely N-dealkylation sites (tertiary alicyclic amines) is 1. The summed E-state index contributed by atoms with van der Waals surface area (Å²) in [6, 6.07) is 11.5. The Bertz CT molecular complexity index is 409. The highest BCUT2D eigenvalue weighted by Gasteiger charge is 2.32. The predicted octanol–water partition coefficient (Wildman–Crippen LogP) is 2.10. The molecule has 2 fully saturated rings. The van der Waals surface area contributed by atoms with Crippen molar-refractivity contribution < 1.29 is 4.74 Å². The molecule has 3 unspecified atom stereocenters. The Morgan fingerprint density at radius 1 is 1.25 bits per heavy atom. The largest absolute Gasteiger partial charge is 0.379 e. The maximum Gasteiger partial charge on any atom is 0.0623 e. The lowest BCUT2D eigenvalue weighted by Gasteiger charge is -2.24. The molecule has 1 aromatic carbocycles. The van der Waals surface area contributed by atoms with Gasteiger partial charge in [-0.2, -0.15) is 0 Å². The fourth-order valence-corrected chi connectivity index (χ4v) is 3.59. The van der Waals surface area contributed by atoms with Crippen LogP contribution in [0.15, 0.2) is 30.3 Å². The fourth-order valence-electron chi connectivity index (χ4n) is 3.59. The topological polar surface area (TPSA) is 24.5 Å². The van der Waals surface area contributed by atoms with Gasteiger partial charge in [0.05, 0.1) is 13.2 Å². The number of benzene rings is 1. The molecular weight excluding hydrogens is 248 g/mol. The molecular formula is C17H26N2O. The minimum Gasteiger partial charge on any atom is -0.379 e. The molecule has 0 aromatic heterocycles. The summed E-state index contributed by atoms with van der Waals surface area (Å²) in [4.78, 5) is 2.63. The lowest BCUT2D eigenvalue weighted by atomic mass is 9.98. The van der Waals surface area contributed by atoms with Gasteiger partial charge >= 0.3 is 0 Å². The van der Waals surface area contributed by atoms with Crippen molar-refractivity contribution in [3.8, 4) is 0 Å². The Morgan fingerprint density at radius 3 is 2.90 bits per heavy atom. The molecule has 110 valence electrons. The van der Waals surface area contributed by atoms with Crippen LogP contribution in [0, 0.1) is 5.92 Å². The van der Waals surface area contributed by atoms with E-state index in [0.717, 1.165) is 25.7 Å². The second kappa shape index (κ2) is 6.70. The van der Waals surface area contributed by atoms with Crippen molar-refractivity contribution in [2.24, 2.45) is 5.92 Å². The highest BCUT2D eigenvalue weighted by atomic mass is 16.5. The van der Waals surface area contributed by atoms with Crippen molar-refractivity contribution >= 4 is 0 Å². The summed E-state index contributed by atoms with van der Waals surface area (Å²) >= 11 is 0. The Morgan fingerprint density at radius 2 is 2.10 bits per heavy atom. The predicted molar refractivity (Wildman–Crippen MR) is 82.0 cm³/mol. The molecule has 1 N–H and O–H groups in total. The molecule has 3 rings (SSSR count). The normalized spacial score (nSPS) is 30.9. The third-order valence-electron chi connectivity index (χ3n) is 4.70. The van der Waals surface area contributed by atoms with Crippen molar-refractivity contribution in [3.05, 3.63) is 35.9 Å². The standard InChI is InChI=1S/C17H26N2O/c1-2-18-17-13-20-12-16(17)11-19-9-8-15(10-19)14-6-4-3-5-7-14/h3-7,15-18H,2,8-13H2,1H3. The van der Waals surface area contributed by atoms with Crippen LogP contribution in [0.5, 0.6) is 0 Å². The molecule has 3 atom stereocenters. The van der Waals surface area contributed by atoms with E-state index >= 15 is 0 Å². The number of rotatable bonds is 5. The van der Waals surface area contributed by atoms with Crippen LogP contribution in [-0.4, -0.2) is 50.3 Å². The zero-order valence-electron chi connectivity index (χ0n) is 12.4. The third-order valence-corrected chi connectivity index (χ3v) is 4.70. The van der Waals surface area contributed by atoms with E-state index in [0.29, 0.717) is 12.0 Å². The molecule has 0 amide bonds. The van der Waals surface area contributed by atoms with Gasteiger partial charge in [0.15, 0.2) is 0 Å². The van der Waals surface area contributed by atoms with E-state index < -0.39 is 0 Å². The highest BCUT2D eigenvalue weighted by Crippen LogP contribution is 2.28. The minimum atomic E-state index is 0.552. The zero-order valence-corrected chi connectivity index (χ0v) is 12.4. The quantitative estimate of drug-likeness (QED) is 0.890. The van der Waals surface area contributed by atoms with Gasteiger partial charge in [-0.15, -0.1) is 0 Å². The van der Waals surface area contributed by atoms with Crippen molar-refractivity contribution in [2.75, 3.05) is 39.4 Å². The van der Waals surface area contributed by atoms with E-state index in [1.807, 2.05) is 0 Å². The van der Waals surface area contributed by atoms with Gasteiger partial charge in [0, 0.05) is 25.0 Å².